The Kier molecular flexibility index (Phi) is 4.40. The van der Waals surface area contributed by atoms with E-state index in [2.05, 4.69) is 10.6 Å². The lowest BCUT2D eigenvalue weighted by atomic mass is 10.1. The molecule has 1 aromatic rings. The van der Waals surface area contributed by atoms with E-state index in [0.29, 0.717) is 6.54 Å². The summed E-state index contributed by atoms with van der Waals surface area (Å²) < 4.78 is 0. The van der Waals surface area contributed by atoms with Crippen LogP contribution in [-0.4, -0.2) is 25.0 Å². The topological polar surface area (TPSA) is 41.1 Å². The van der Waals surface area contributed by atoms with E-state index >= 15 is 0 Å². The van der Waals surface area contributed by atoms with Gasteiger partial charge in [-0.1, -0.05) is 23.7 Å². The van der Waals surface area contributed by atoms with Crippen molar-refractivity contribution in [2.45, 2.75) is 25.3 Å². The van der Waals surface area contributed by atoms with Crippen molar-refractivity contribution in [2.24, 2.45) is 0 Å². The van der Waals surface area contributed by atoms with E-state index in [1.54, 1.807) is 0 Å². The lowest BCUT2D eigenvalue weighted by Gasteiger charge is -2.10. The zero-order valence-corrected chi connectivity index (χ0v) is 10.5. The molecule has 1 heterocycles. The Bertz CT molecular complexity index is 372. The monoisotopic (exact) mass is 252 g/mol. The van der Waals surface area contributed by atoms with Crippen molar-refractivity contribution in [1.82, 2.24) is 10.6 Å². The molecule has 1 fully saturated rings. The Morgan fingerprint density at radius 3 is 2.82 bits per heavy atom. The van der Waals surface area contributed by atoms with Gasteiger partial charge in [-0.3, -0.25) is 4.79 Å². The van der Waals surface area contributed by atoms with Gasteiger partial charge in [0.1, 0.15) is 0 Å². The van der Waals surface area contributed by atoms with Crippen LogP contribution >= 0.6 is 11.6 Å². The quantitative estimate of drug-likeness (QED) is 0.857. The molecule has 3 nitrogen and oxygen atoms in total. The van der Waals surface area contributed by atoms with Crippen LogP contribution in [0.2, 0.25) is 5.02 Å². The number of benzene rings is 1. The van der Waals surface area contributed by atoms with Crippen LogP contribution < -0.4 is 10.6 Å². The third-order valence-corrected chi connectivity index (χ3v) is 3.25. The predicted octanol–water partition coefficient (Wildman–Crippen LogP) is 1.75. The van der Waals surface area contributed by atoms with E-state index in [-0.39, 0.29) is 11.9 Å². The molecule has 1 atom stereocenters. The summed E-state index contributed by atoms with van der Waals surface area (Å²) in [7, 11) is 0. The maximum atomic E-state index is 11.7. The van der Waals surface area contributed by atoms with Crippen molar-refractivity contribution < 1.29 is 4.79 Å². The van der Waals surface area contributed by atoms with Gasteiger partial charge in [0.05, 0.1) is 6.04 Å². The summed E-state index contributed by atoms with van der Waals surface area (Å²) in [5.74, 6) is 0.122. The fourth-order valence-corrected chi connectivity index (χ4v) is 2.14. The fourth-order valence-electron chi connectivity index (χ4n) is 2.01. The highest BCUT2D eigenvalue weighted by Gasteiger charge is 2.20. The van der Waals surface area contributed by atoms with Gasteiger partial charge in [-0.15, -0.1) is 0 Å². The average Bonchev–Trinajstić information content (AvgIpc) is 2.85. The second kappa shape index (κ2) is 6.03. The standard InChI is InChI=1S/C13H17ClN2O/c14-11-5-3-10(4-6-11)7-9-16-13(17)12-2-1-8-15-12/h3-6,12,15H,1-2,7-9H2,(H,16,17). The van der Waals surface area contributed by atoms with Gasteiger partial charge < -0.3 is 10.6 Å². The molecular formula is C13H17ClN2O. The minimum atomic E-state index is 0.0141. The molecule has 0 radical (unpaired) electrons. The van der Waals surface area contributed by atoms with E-state index in [1.807, 2.05) is 24.3 Å². The first-order valence-electron chi connectivity index (χ1n) is 6.01. The van der Waals surface area contributed by atoms with E-state index in [0.717, 1.165) is 30.8 Å². The lowest BCUT2D eigenvalue weighted by Crippen LogP contribution is -2.41. The molecule has 0 bridgehead atoms. The highest BCUT2D eigenvalue weighted by molar-refractivity contribution is 6.30. The van der Waals surface area contributed by atoms with Gasteiger partial charge in [0.15, 0.2) is 0 Å². The van der Waals surface area contributed by atoms with Crippen LogP contribution in [0.25, 0.3) is 0 Å². The summed E-state index contributed by atoms with van der Waals surface area (Å²) in [6.07, 6.45) is 2.89. The average molecular weight is 253 g/mol. The van der Waals surface area contributed by atoms with Gasteiger partial charge in [0, 0.05) is 11.6 Å². The fraction of sp³-hybridized carbons (Fsp3) is 0.462. The summed E-state index contributed by atoms with van der Waals surface area (Å²) in [5, 5.41) is 6.88. The second-order valence-electron chi connectivity index (χ2n) is 4.32. The molecule has 4 heteroatoms. The Balaban J connectivity index is 1.72. The first kappa shape index (κ1) is 12.4. The third-order valence-electron chi connectivity index (χ3n) is 3.00. The van der Waals surface area contributed by atoms with Crippen LogP contribution in [0.15, 0.2) is 24.3 Å². The highest BCUT2D eigenvalue weighted by Crippen LogP contribution is 2.09. The molecular weight excluding hydrogens is 236 g/mol. The van der Waals surface area contributed by atoms with Crippen LogP contribution in [-0.2, 0) is 11.2 Å². The van der Waals surface area contributed by atoms with Gasteiger partial charge in [0.25, 0.3) is 0 Å². The molecule has 1 amide bonds. The van der Waals surface area contributed by atoms with Crippen molar-refractivity contribution in [3.05, 3.63) is 34.9 Å². The smallest absolute Gasteiger partial charge is 0.237 e. The van der Waals surface area contributed by atoms with Crippen molar-refractivity contribution in [2.75, 3.05) is 13.1 Å². The summed E-state index contributed by atoms with van der Waals surface area (Å²) >= 11 is 5.80. The zero-order valence-electron chi connectivity index (χ0n) is 9.71. The highest BCUT2D eigenvalue weighted by atomic mass is 35.5. The van der Waals surface area contributed by atoms with E-state index in [4.69, 9.17) is 11.6 Å². The molecule has 0 saturated carbocycles. The molecule has 0 aromatic heterocycles. The van der Waals surface area contributed by atoms with Gasteiger partial charge in [-0.25, -0.2) is 0 Å². The number of halogens is 1. The molecule has 1 saturated heterocycles. The Morgan fingerprint density at radius 2 is 2.18 bits per heavy atom. The van der Waals surface area contributed by atoms with Crippen LogP contribution in [0.4, 0.5) is 0 Å². The normalized spacial score (nSPS) is 19.2. The molecule has 1 aliphatic heterocycles. The molecule has 2 N–H and O–H groups in total. The first-order chi connectivity index (χ1) is 8.25. The molecule has 92 valence electrons. The van der Waals surface area contributed by atoms with Gasteiger partial charge >= 0.3 is 0 Å². The zero-order chi connectivity index (χ0) is 12.1. The van der Waals surface area contributed by atoms with E-state index in [1.165, 1.54) is 5.56 Å². The van der Waals surface area contributed by atoms with E-state index in [9.17, 15) is 4.79 Å². The van der Waals surface area contributed by atoms with Crippen LogP contribution in [0, 0.1) is 0 Å². The first-order valence-corrected chi connectivity index (χ1v) is 6.39. The minimum Gasteiger partial charge on any atom is -0.354 e. The van der Waals surface area contributed by atoms with Crippen LogP contribution in [0.3, 0.4) is 0 Å². The van der Waals surface area contributed by atoms with Gasteiger partial charge in [0.2, 0.25) is 5.91 Å². The van der Waals surface area contributed by atoms with Gasteiger partial charge in [-0.2, -0.15) is 0 Å². The molecule has 0 spiro atoms. The predicted molar refractivity (Wildman–Crippen MR) is 69.2 cm³/mol. The Labute approximate surface area is 107 Å². The maximum Gasteiger partial charge on any atom is 0.237 e. The van der Waals surface area contributed by atoms with Crippen molar-refractivity contribution in [3.8, 4) is 0 Å². The third kappa shape index (κ3) is 3.72. The number of hydrogen-bond acceptors (Lipinski definition) is 2. The Hall–Kier alpha value is -1.06. The summed E-state index contributed by atoms with van der Waals surface area (Å²) in [6.45, 7) is 1.63. The number of rotatable bonds is 4. The largest absolute Gasteiger partial charge is 0.354 e. The van der Waals surface area contributed by atoms with Crippen LogP contribution in [0.1, 0.15) is 18.4 Å². The molecule has 2 rings (SSSR count). The summed E-state index contributed by atoms with van der Waals surface area (Å²) in [5.41, 5.74) is 1.19. The number of nitrogens with one attached hydrogen (secondary N) is 2. The number of carbonyl (C=O) groups excluding carboxylic acids is 1. The SMILES string of the molecule is O=C(NCCc1ccc(Cl)cc1)C1CCCN1. The second-order valence-corrected chi connectivity index (χ2v) is 4.75. The number of carbonyl (C=O) groups is 1. The van der Waals surface area contributed by atoms with Gasteiger partial charge in [-0.05, 0) is 43.5 Å². The minimum absolute atomic E-state index is 0.0141. The van der Waals surface area contributed by atoms with Crippen molar-refractivity contribution in [3.63, 3.8) is 0 Å². The Morgan fingerprint density at radius 1 is 1.41 bits per heavy atom. The summed E-state index contributed by atoms with van der Waals surface area (Å²) in [6, 6.07) is 7.74. The molecule has 1 aromatic carbocycles. The number of amides is 1. The summed E-state index contributed by atoms with van der Waals surface area (Å²) in [4.78, 5) is 11.7. The van der Waals surface area contributed by atoms with E-state index < -0.39 is 0 Å². The lowest BCUT2D eigenvalue weighted by molar-refractivity contribution is -0.122. The van der Waals surface area contributed by atoms with Crippen molar-refractivity contribution >= 4 is 17.5 Å². The number of hydrogen-bond donors (Lipinski definition) is 2. The maximum absolute atomic E-state index is 11.7. The van der Waals surface area contributed by atoms with Crippen LogP contribution in [0.5, 0.6) is 0 Å². The molecule has 1 unspecified atom stereocenters. The molecule has 0 aliphatic carbocycles. The van der Waals surface area contributed by atoms with Crippen molar-refractivity contribution in [1.29, 1.82) is 0 Å². The molecule has 17 heavy (non-hydrogen) atoms. The molecule has 1 aliphatic rings.